The summed E-state index contributed by atoms with van der Waals surface area (Å²) in [5.41, 5.74) is 0.926. The molecule has 2 aromatic rings. The average molecular weight is 356 g/mol. The average Bonchev–Trinajstić information content (AvgIpc) is 3.16. The summed E-state index contributed by atoms with van der Waals surface area (Å²) < 4.78 is 7.16. The van der Waals surface area contributed by atoms with Crippen LogP contribution < -0.4 is 0 Å². The molecule has 3 heterocycles. The van der Waals surface area contributed by atoms with Crippen LogP contribution in [0.2, 0.25) is 0 Å². The molecule has 0 spiro atoms. The Balaban J connectivity index is 1.63. The van der Waals surface area contributed by atoms with Crippen molar-refractivity contribution in [2.75, 3.05) is 7.05 Å². The highest BCUT2D eigenvalue weighted by Crippen LogP contribution is 2.43. The van der Waals surface area contributed by atoms with E-state index >= 15 is 0 Å². The molecule has 2 aliphatic rings. The van der Waals surface area contributed by atoms with Gasteiger partial charge in [0.25, 0.3) is 0 Å². The Labute approximate surface area is 152 Å². The number of piperidine rings is 1. The molecule has 2 aromatic heterocycles. The van der Waals surface area contributed by atoms with Crippen LogP contribution in [-0.2, 0) is 23.2 Å². The number of aromatic nitrogens is 2. The molecule has 138 valence electrons. The number of rotatable bonds is 5. The largest absolute Gasteiger partial charge is 0.467 e. The summed E-state index contributed by atoms with van der Waals surface area (Å²) >= 11 is 0. The van der Waals surface area contributed by atoms with Crippen LogP contribution >= 0.6 is 0 Å². The van der Waals surface area contributed by atoms with Crippen molar-refractivity contribution in [3.05, 3.63) is 42.1 Å². The summed E-state index contributed by atoms with van der Waals surface area (Å²) in [4.78, 5) is 29.5. The van der Waals surface area contributed by atoms with Crippen molar-refractivity contribution in [2.45, 2.75) is 44.3 Å². The van der Waals surface area contributed by atoms with E-state index in [2.05, 4.69) is 5.10 Å². The van der Waals surface area contributed by atoms with Gasteiger partial charge in [-0.15, -0.1) is 0 Å². The molecule has 0 unspecified atom stereocenters. The third kappa shape index (κ3) is 3.02. The fourth-order valence-electron chi connectivity index (χ4n) is 3.98. The Morgan fingerprint density at radius 3 is 2.77 bits per heavy atom. The highest BCUT2D eigenvalue weighted by Gasteiger charge is 2.48. The van der Waals surface area contributed by atoms with Gasteiger partial charge < -0.3 is 14.2 Å². The van der Waals surface area contributed by atoms with E-state index in [9.17, 15) is 9.59 Å². The number of carbonyl (C=O) groups is 2. The number of furan rings is 1. The molecule has 4 rings (SSSR count). The van der Waals surface area contributed by atoms with Gasteiger partial charge in [-0.25, -0.2) is 0 Å². The molecule has 1 aliphatic heterocycles. The Morgan fingerprint density at radius 2 is 2.15 bits per heavy atom. The number of carbonyl (C=O) groups excluding carboxylic acids is 2. The smallest absolute Gasteiger partial charge is 0.228 e. The van der Waals surface area contributed by atoms with Crippen LogP contribution in [0.15, 0.2) is 35.1 Å². The highest BCUT2D eigenvalue weighted by molar-refractivity contribution is 5.85. The Kier molecular flexibility index (Phi) is 4.30. The Hall–Kier alpha value is -2.57. The zero-order valence-electron chi connectivity index (χ0n) is 15.2. The Bertz CT molecular complexity index is 794. The number of nitrogens with zero attached hydrogens (tertiary/aromatic N) is 4. The number of hydrogen-bond donors (Lipinski definition) is 0. The normalized spacial score (nSPS) is 23.3. The molecule has 0 radical (unpaired) electrons. The summed E-state index contributed by atoms with van der Waals surface area (Å²) in [6.45, 7) is 0.428. The fourth-order valence-corrected chi connectivity index (χ4v) is 3.98. The molecule has 2 fully saturated rings. The van der Waals surface area contributed by atoms with Gasteiger partial charge in [-0.05, 0) is 37.5 Å². The van der Waals surface area contributed by atoms with E-state index < -0.39 is 0 Å². The second-order valence-electron chi connectivity index (χ2n) is 7.28. The lowest BCUT2D eigenvalue weighted by molar-refractivity contribution is -0.148. The van der Waals surface area contributed by atoms with Crippen LogP contribution in [0, 0.1) is 5.92 Å². The number of likely N-dealkylation sites (tertiary alicyclic amines) is 1. The van der Waals surface area contributed by atoms with Crippen molar-refractivity contribution in [3.8, 4) is 0 Å². The summed E-state index contributed by atoms with van der Waals surface area (Å²) in [6.07, 6.45) is 6.37. The molecule has 0 aromatic carbocycles. The van der Waals surface area contributed by atoms with Gasteiger partial charge in [-0.3, -0.25) is 14.3 Å². The van der Waals surface area contributed by atoms with Gasteiger partial charge in [0.05, 0.1) is 30.5 Å². The van der Waals surface area contributed by atoms with Gasteiger partial charge in [0.15, 0.2) is 0 Å². The van der Waals surface area contributed by atoms with E-state index in [-0.39, 0.29) is 29.8 Å². The lowest BCUT2D eigenvalue weighted by Crippen LogP contribution is -2.49. The van der Waals surface area contributed by atoms with Crippen LogP contribution in [0.5, 0.6) is 0 Å². The summed E-state index contributed by atoms with van der Waals surface area (Å²) in [5.74, 6) is 0.690. The van der Waals surface area contributed by atoms with Crippen molar-refractivity contribution in [2.24, 2.45) is 13.0 Å². The molecule has 0 N–H and O–H groups in total. The maximum atomic E-state index is 13.3. The predicted molar refractivity (Wildman–Crippen MR) is 93.7 cm³/mol. The van der Waals surface area contributed by atoms with Crippen molar-refractivity contribution in [3.63, 3.8) is 0 Å². The standard InChI is InChI=1S/C19H24N4O3/c1-21(12-14-4-3-11-26-14)19(25)15-7-8-17(24)23(13-5-6-13)18(15)16-9-10-20-22(16)2/h3-4,9-11,13,15,18H,5-8,12H2,1-2H3/t15-,18-/m0/s1. The fraction of sp³-hybridized carbons (Fsp3) is 0.526. The monoisotopic (exact) mass is 356 g/mol. The van der Waals surface area contributed by atoms with E-state index in [1.54, 1.807) is 29.1 Å². The number of hydrogen-bond acceptors (Lipinski definition) is 4. The first-order chi connectivity index (χ1) is 12.6. The van der Waals surface area contributed by atoms with Gasteiger partial charge in [-0.1, -0.05) is 0 Å². The van der Waals surface area contributed by atoms with Gasteiger partial charge in [0, 0.05) is 32.8 Å². The molecular weight excluding hydrogens is 332 g/mol. The zero-order chi connectivity index (χ0) is 18.3. The second-order valence-corrected chi connectivity index (χ2v) is 7.28. The maximum absolute atomic E-state index is 13.3. The van der Waals surface area contributed by atoms with Gasteiger partial charge in [-0.2, -0.15) is 5.10 Å². The van der Waals surface area contributed by atoms with E-state index in [0.29, 0.717) is 19.4 Å². The number of aryl methyl sites for hydroxylation is 1. The Morgan fingerprint density at radius 1 is 1.35 bits per heavy atom. The molecule has 2 amide bonds. The first-order valence-corrected chi connectivity index (χ1v) is 9.12. The molecule has 1 saturated carbocycles. The van der Waals surface area contributed by atoms with Gasteiger partial charge in [0.1, 0.15) is 5.76 Å². The second kappa shape index (κ2) is 6.63. The molecule has 1 aliphatic carbocycles. The van der Waals surface area contributed by atoms with Crippen LogP contribution in [-0.4, -0.2) is 44.5 Å². The quantitative estimate of drug-likeness (QED) is 0.823. The van der Waals surface area contributed by atoms with Gasteiger partial charge >= 0.3 is 0 Å². The highest BCUT2D eigenvalue weighted by atomic mass is 16.3. The summed E-state index contributed by atoms with van der Waals surface area (Å²) in [5, 5.41) is 4.27. The minimum atomic E-state index is -0.260. The zero-order valence-corrected chi connectivity index (χ0v) is 15.2. The summed E-state index contributed by atoms with van der Waals surface area (Å²) in [6, 6.07) is 5.62. The third-order valence-electron chi connectivity index (χ3n) is 5.41. The van der Waals surface area contributed by atoms with Crippen LogP contribution in [0.4, 0.5) is 0 Å². The molecule has 7 nitrogen and oxygen atoms in total. The molecule has 1 saturated heterocycles. The first-order valence-electron chi connectivity index (χ1n) is 9.12. The lowest BCUT2D eigenvalue weighted by atomic mass is 9.85. The molecule has 7 heteroatoms. The molecule has 0 bridgehead atoms. The van der Waals surface area contributed by atoms with Crippen molar-refractivity contribution in [1.82, 2.24) is 19.6 Å². The minimum absolute atomic E-state index is 0.0470. The van der Waals surface area contributed by atoms with Crippen LogP contribution in [0.25, 0.3) is 0 Å². The molecule has 26 heavy (non-hydrogen) atoms. The van der Waals surface area contributed by atoms with Gasteiger partial charge in [0.2, 0.25) is 11.8 Å². The summed E-state index contributed by atoms with van der Waals surface area (Å²) in [7, 11) is 3.66. The molecule has 2 atom stereocenters. The lowest BCUT2D eigenvalue weighted by Gasteiger charge is -2.41. The van der Waals surface area contributed by atoms with Crippen LogP contribution in [0.1, 0.15) is 43.2 Å². The van der Waals surface area contributed by atoms with Crippen molar-refractivity contribution < 1.29 is 14.0 Å². The SMILES string of the molecule is CN(Cc1ccco1)C(=O)[C@H]1CCC(=O)N(C2CC2)[C@@H]1c1ccnn1C. The van der Waals surface area contributed by atoms with E-state index in [4.69, 9.17) is 4.42 Å². The molecular formula is C19H24N4O3. The minimum Gasteiger partial charge on any atom is -0.467 e. The van der Waals surface area contributed by atoms with Crippen molar-refractivity contribution >= 4 is 11.8 Å². The number of amides is 2. The van der Waals surface area contributed by atoms with Crippen molar-refractivity contribution in [1.29, 1.82) is 0 Å². The topological polar surface area (TPSA) is 71.6 Å². The first kappa shape index (κ1) is 16.9. The van der Waals surface area contributed by atoms with E-state index in [1.807, 2.05) is 30.1 Å². The predicted octanol–water partition coefficient (Wildman–Crippen LogP) is 2.11. The van der Waals surface area contributed by atoms with Crippen LogP contribution in [0.3, 0.4) is 0 Å². The third-order valence-corrected chi connectivity index (χ3v) is 5.41. The van der Waals surface area contributed by atoms with E-state index in [1.165, 1.54) is 0 Å². The maximum Gasteiger partial charge on any atom is 0.228 e. The van der Waals surface area contributed by atoms with E-state index in [0.717, 1.165) is 24.3 Å².